The average molecular weight is 256 g/mol. The summed E-state index contributed by atoms with van der Waals surface area (Å²) < 4.78 is 0. The smallest absolute Gasteiger partial charge is 0.163 e. The van der Waals surface area contributed by atoms with Crippen LogP contribution in [0, 0.1) is 6.92 Å². The van der Waals surface area contributed by atoms with Crippen LogP contribution in [-0.4, -0.2) is 16.0 Å². The van der Waals surface area contributed by atoms with Gasteiger partial charge in [0.25, 0.3) is 0 Å². The van der Waals surface area contributed by atoms with Gasteiger partial charge in [0.15, 0.2) is 5.78 Å². The molecule has 0 saturated carbocycles. The summed E-state index contributed by atoms with van der Waals surface area (Å²) in [5.74, 6) is 0.0967. The Morgan fingerprint density at radius 1 is 1.11 bits per heavy atom. The molecule has 0 aliphatic carbocycles. The number of carbonyl (C=O) groups is 1. The first-order valence-corrected chi connectivity index (χ1v) is 6.17. The molecule has 0 bridgehead atoms. The second-order valence-electron chi connectivity index (χ2n) is 4.61. The molecule has 0 fully saturated rings. The lowest BCUT2D eigenvalue weighted by Gasteiger charge is -2.05. The van der Waals surface area contributed by atoms with Crippen LogP contribution in [0.5, 0.6) is 11.5 Å². The Labute approximate surface area is 112 Å². The van der Waals surface area contributed by atoms with E-state index >= 15 is 0 Å². The molecule has 3 heteroatoms. The molecule has 0 aliphatic heterocycles. The highest BCUT2D eigenvalue weighted by Gasteiger charge is 2.08. The molecule has 0 amide bonds. The van der Waals surface area contributed by atoms with Crippen molar-refractivity contribution in [3.63, 3.8) is 0 Å². The van der Waals surface area contributed by atoms with E-state index in [1.807, 2.05) is 25.1 Å². The van der Waals surface area contributed by atoms with E-state index in [1.54, 1.807) is 12.1 Å². The predicted molar refractivity (Wildman–Crippen MR) is 73.6 cm³/mol. The van der Waals surface area contributed by atoms with Gasteiger partial charge in [-0.05, 0) is 31.0 Å². The van der Waals surface area contributed by atoms with E-state index in [4.69, 9.17) is 0 Å². The van der Waals surface area contributed by atoms with Crippen molar-refractivity contribution < 1.29 is 15.0 Å². The molecule has 0 spiro atoms. The summed E-state index contributed by atoms with van der Waals surface area (Å²) >= 11 is 0. The lowest BCUT2D eigenvalue weighted by Crippen LogP contribution is -2.01. The van der Waals surface area contributed by atoms with Crippen LogP contribution in [0.15, 0.2) is 42.5 Å². The van der Waals surface area contributed by atoms with E-state index in [0.29, 0.717) is 24.0 Å². The summed E-state index contributed by atoms with van der Waals surface area (Å²) in [5.41, 5.74) is 2.41. The molecule has 0 radical (unpaired) electrons. The molecule has 0 atom stereocenters. The number of Topliss-reactive ketones (excluding diaryl/α,β-unsaturated/α-hetero) is 1. The fourth-order valence-corrected chi connectivity index (χ4v) is 1.97. The van der Waals surface area contributed by atoms with E-state index in [-0.39, 0.29) is 17.3 Å². The van der Waals surface area contributed by atoms with Gasteiger partial charge in [-0.25, -0.2) is 0 Å². The maximum atomic E-state index is 12.0. The predicted octanol–water partition coefficient (Wildman–Crippen LogP) is 3.22. The van der Waals surface area contributed by atoms with Crippen molar-refractivity contribution in [2.24, 2.45) is 0 Å². The maximum absolute atomic E-state index is 12.0. The minimum absolute atomic E-state index is 0.0197. The fraction of sp³-hybridized carbons (Fsp3) is 0.188. The molecule has 2 aromatic carbocycles. The van der Waals surface area contributed by atoms with Crippen LogP contribution in [0.1, 0.15) is 27.9 Å². The van der Waals surface area contributed by atoms with E-state index in [9.17, 15) is 15.0 Å². The molecule has 0 aromatic heterocycles. The van der Waals surface area contributed by atoms with Gasteiger partial charge < -0.3 is 10.2 Å². The maximum Gasteiger partial charge on any atom is 0.163 e. The molecule has 2 rings (SSSR count). The fourth-order valence-electron chi connectivity index (χ4n) is 1.97. The van der Waals surface area contributed by atoms with Crippen molar-refractivity contribution in [2.75, 3.05) is 0 Å². The summed E-state index contributed by atoms with van der Waals surface area (Å²) in [6, 6.07) is 11.9. The Balaban J connectivity index is 2.04. The molecule has 2 N–H and O–H groups in total. The molecule has 0 aliphatic rings. The third-order valence-electron chi connectivity index (χ3n) is 3.03. The van der Waals surface area contributed by atoms with E-state index < -0.39 is 0 Å². The molecular weight excluding hydrogens is 240 g/mol. The Morgan fingerprint density at radius 3 is 2.58 bits per heavy atom. The number of aryl methyl sites for hydroxylation is 2. The quantitative estimate of drug-likeness (QED) is 0.826. The second-order valence-corrected chi connectivity index (χ2v) is 4.61. The van der Waals surface area contributed by atoms with Crippen molar-refractivity contribution in [3.8, 4) is 11.5 Å². The third kappa shape index (κ3) is 3.35. The van der Waals surface area contributed by atoms with Crippen LogP contribution in [0.3, 0.4) is 0 Å². The normalized spacial score (nSPS) is 10.4. The minimum Gasteiger partial charge on any atom is -0.508 e. The molecule has 98 valence electrons. The Hall–Kier alpha value is -2.29. The number of hydrogen-bond donors (Lipinski definition) is 2. The van der Waals surface area contributed by atoms with Crippen LogP contribution in [0.25, 0.3) is 0 Å². The number of phenols is 2. The molecule has 19 heavy (non-hydrogen) atoms. The number of ketones is 1. The first-order chi connectivity index (χ1) is 9.06. The number of aromatic hydroxyl groups is 2. The van der Waals surface area contributed by atoms with Gasteiger partial charge in [-0.3, -0.25) is 4.79 Å². The monoisotopic (exact) mass is 256 g/mol. The molecule has 0 heterocycles. The van der Waals surface area contributed by atoms with E-state index in [2.05, 4.69) is 0 Å². The largest absolute Gasteiger partial charge is 0.508 e. The van der Waals surface area contributed by atoms with Crippen LogP contribution >= 0.6 is 0 Å². The van der Waals surface area contributed by atoms with Crippen molar-refractivity contribution >= 4 is 5.78 Å². The molecule has 0 unspecified atom stereocenters. The van der Waals surface area contributed by atoms with E-state index in [1.165, 1.54) is 12.1 Å². The Bertz CT molecular complexity index is 603. The van der Waals surface area contributed by atoms with Crippen LogP contribution in [0.4, 0.5) is 0 Å². The average Bonchev–Trinajstić information content (AvgIpc) is 2.37. The van der Waals surface area contributed by atoms with Crippen molar-refractivity contribution in [1.29, 1.82) is 0 Å². The molecule has 0 saturated heterocycles. The summed E-state index contributed by atoms with van der Waals surface area (Å²) in [6.45, 7) is 1.95. The molecule has 2 aromatic rings. The first-order valence-electron chi connectivity index (χ1n) is 6.17. The standard InChI is InChI=1S/C16H16O3/c1-11-3-2-4-13(9-11)15(18)8-6-12-5-7-14(17)10-16(12)19/h2-5,7,9-10,17,19H,6,8H2,1H3. The minimum atomic E-state index is 0.0197. The third-order valence-corrected chi connectivity index (χ3v) is 3.03. The number of phenolic OH excluding ortho intramolecular Hbond substituents is 2. The van der Waals surface area contributed by atoms with Crippen molar-refractivity contribution in [2.45, 2.75) is 19.8 Å². The highest BCUT2D eigenvalue weighted by Crippen LogP contribution is 2.24. The highest BCUT2D eigenvalue weighted by molar-refractivity contribution is 5.96. The molecular formula is C16H16O3. The van der Waals surface area contributed by atoms with Crippen LogP contribution < -0.4 is 0 Å². The Kier molecular flexibility index (Phi) is 3.85. The lowest BCUT2D eigenvalue weighted by atomic mass is 10.0. The van der Waals surface area contributed by atoms with Crippen LogP contribution in [-0.2, 0) is 6.42 Å². The topological polar surface area (TPSA) is 57.5 Å². The highest BCUT2D eigenvalue weighted by atomic mass is 16.3. The second kappa shape index (κ2) is 5.57. The first kappa shape index (κ1) is 13.1. The van der Waals surface area contributed by atoms with Gasteiger partial charge in [0.05, 0.1) is 0 Å². The Morgan fingerprint density at radius 2 is 1.89 bits per heavy atom. The zero-order chi connectivity index (χ0) is 13.8. The summed E-state index contributed by atoms with van der Waals surface area (Å²) in [5, 5.41) is 18.8. The van der Waals surface area contributed by atoms with E-state index in [0.717, 1.165) is 5.56 Å². The van der Waals surface area contributed by atoms with Gasteiger partial charge in [-0.15, -0.1) is 0 Å². The van der Waals surface area contributed by atoms with Gasteiger partial charge in [0, 0.05) is 18.1 Å². The summed E-state index contributed by atoms with van der Waals surface area (Å²) in [7, 11) is 0. The van der Waals surface area contributed by atoms with Crippen molar-refractivity contribution in [3.05, 3.63) is 59.2 Å². The van der Waals surface area contributed by atoms with Crippen LogP contribution in [0.2, 0.25) is 0 Å². The van der Waals surface area contributed by atoms with Gasteiger partial charge in [0.1, 0.15) is 11.5 Å². The molecule has 3 nitrogen and oxygen atoms in total. The number of carbonyl (C=O) groups excluding carboxylic acids is 1. The number of benzene rings is 2. The lowest BCUT2D eigenvalue weighted by molar-refractivity contribution is 0.0982. The van der Waals surface area contributed by atoms with Gasteiger partial charge in [-0.1, -0.05) is 29.8 Å². The van der Waals surface area contributed by atoms with Gasteiger partial charge >= 0.3 is 0 Å². The summed E-state index contributed by atoms with van der Waals surface area (Å²) in [4.78, 5) is 12.0. The zero-order valence-corrected chi connectivity index (χ0v) is 10.8. The van der Waals surface area contributed by atoms with Crippen molar-refractivity contribution in [1.82, 2.24) is 0 Å². The number of hydrogen-bond acceptors (Lipinski definition) is 3. The van der Waals surface area contributed by atoms with Gasteiger partial charge in [-0.2, -0.15) is 0 Å². The SMILES string of the molecule is Cc1cccc(C(=O)CCc2ccc(O)cc2O)c1. The number of rotatable bonds is 4. The van der Waals surface area contributed by atoms with Gasteiger partial charge in [0.2, 0.25) is 0 Å². The zero-order valence-electron chi connectivity index (χ0n) is 10.8. The summed E-state index contributed by atoms with van der Waals surface area (Å²) in [6.07, 6.45) is 0.792.